The van der Waals surface area contributed by atoms with Crippen molar-refractivity contribution in [3.63, 3.8) is 0 Å². The molecule has 4 aromatic heterocycles. The van der Waals surface area contributed by atoms with Crippen molar-refractivity contribution >= 4 is 60.1 Å². The molecule has 6 rings (SSSR count). The fourth-order valence-corrected chi connectivity index (χ4v) is 7.75. The summed E-state index contributed by atoms with van der Waals surface area (Å²) in [6.45, 7) is 25.5. The molecule has 0 spiro atoms. The summed E-state index contributed by atoms with van der Waals surface area (Å²) in [7, 11) is 0. The summed E-state index contributed by atoms with van der Waals surface area (Å²) in [5.74, 6) is 1.86. The number of furan rings is 2. The van der Waals surface area contributed by atoms with Crippen LogP contribution in [0.25, 0.3) is 54.3 Å². The predicted octanol–water partition coefficient (Wildman–Crippen LogP) is 13.9. The minimum atomic E-state index is -0.337. The molecule has 0 aliphatic rings. The van der Waals surface area contributed by atoms with Gasteiger partial charge in [0.15, 0.2) is 5.78 Å². The number of aliphatic hydroxyl groups is 1. The molecular formula is C45H56IrNO4S-. The number of nitrogens with zero attached hydrogens (tertiary/aromatic N) is 1. The molecule has 0 fully saturated rings. The molecular weight excluding hydrogens is 843 g/mol. The molecule has 281 valence electrons. The van der Waals surface area contributed by atoms with Gasteiger partial charge >= 0.3 is 0 Å². The summed E-state index contributed by atoms with van der Waals surface area (Å²) < 4.78 is 14.1. The number of carbonyl (C=O) groups is 1. The molecule has 0 unspecified atom stereocenters. The zero-order valence-electron chi connectivity index (χ0n) is 33.1. The number of rotatable bonds is 10. The van der Waals surface area contributed by atoms with Crippen LogP contribution in [0.1, 0.15) is 119 Å². The van der Waals surface area contributed by atoms with E-state index in [1.165, 1.54) is 21.9 Å². The van der Waals surface area contributed by atoms with Gasteiger partial charge < -0.3 is 13.9 Å². The number of hydrogen-bond acceptors (Lipinski definition) is 6. The number of thiophene rings is 1. The summed E-state index contributed by atoms with van der Waals surface area (Å²) in [4.78, 5) is 17.0. The molecule has 5 nitrogen and oxygen atoms in total. The van der Waals surface area contributed by atoms with Crippen molar-refractivity contribution in [3.05, 3.63) is 76.7 Å². The van der Waals surface area contributed by atoms with Gasteiger partial charge in [-0.3, -0.25) is 9.78 Å². The average molecular weight is 899 g/mol. The molecule has 0 aliphatic heterocycles. The molecule has 0 atom stereocenters. The Kier molecular flexibility index (Phi) is 12.8. The first-order valence-electron chi connectivity index (χ1n) is 18.6. The van der Waals surface area contributed by atoms with Gasteiger partial charge in [-0.05, 0) is 77.8 Å². The Hall–Kier alpha value is -3.25. The number of carbonyl (C=O) groups excluding carboxylic acids is 1. The van der Waals surface area contributed by atoms with Crippen LogP contribution in [-0.4, -0.2) is 15.9 Å². The van der Waals surface area contributed by atoms with E-state index < -0.39 is 0 Å². The van der Waals surface area contributed by atoms with E-state index >= 15 is 0 Å². The second kappa shape index (κ2) is 16.0. The molecule has 0 saturated carbocycles. The normalized spacial score (nSPS) is 12.9. The topological polar surface area (TPSA) is 76.5 Å². The van der Waals surface area contributed by atoms with Gasteiger partial charge in [-0.25, -0.2) is 0 Å². The van der Waals surface area contributed by atoms with E-state index in [0.29, 0.717) is 5.92 Å². The molecule has 1 N–H and O–H groups in total. The maximum absolute atomic E-state index is 12.2. The average Bonchev–Trinajstić information content (AvgIpc) is 3.81. The number of allylic oxidation sites excluding steroid dienone is 2. The first-order chi connectivity index (χ1) is 24.0. The SMILES string of the molecule is CCC(C)(CC)C(=O)/C=C(\O)C(C)(CC)CC.Cc1c(CC(C)C)oc2c1ccc1oc3ccnc(-c4[c-]c5ccsc5c(C(C)(C)C)c4)c3c12.[Ir]. The van der Waals surface area contributed by atoms with Crippen molar-refractivity contribution in [1.29, 1.82) is 0 Å². The van der Waals surface area contributed by atoms with Crippen LogP contribution >= 0.6 is 11.3 Å². The molecule has 1 radical (unpaired) electrons. The van der Waals surface area contributed by atoms with Crippen LogP contribution in [0.2, 0.25) is 0 Å². The fraction of sp³-hybridized carbons (Fsp3) is 0.467. The van der Waals surface area contributed by atoms with Crippen molar-refractivity contribution in [3.8, 4) is 11.3 Å². The van der Waals surface area contributed by atoms with Crippen LogP contribution in [0.5, 0.6) is 0 Å². The van der Waals surface area contributed by atoms with Crippen molar-refractivity contribution < 1.29 is 38.8 Å². The first kappa shape index (κ1) is 41.5. The number of aliphatic hydroxyl groups excluding tert-OH is 1. The van der Waals surface area contributed by atoms with Gasteiger partial charge in [-0.15, -0.1) is 23.6 Å². The third kappa shape index (κ3) is 7.84. The van der Waals surface area contributed by atoms with Crippen molar-refractivity contribution in [2.45, 2.75) is 121 Å². The molecule has 0 amide bonds. The largest absolute Gasteiger partial charge is 0.512 e. The van der Waals surface area contributed by atoms with Crippen LogP contribution in [0.4, 0.5) is 0 Å². The molecule has 0 aliphatic carbocycles. The Morgan fingerprint density at radius 1 is 0.923 bits per heavy atom. The minimum Gasteiger partial charge on any atom is -0.512 e. The Bertz CT molecular complexity index is 2220. The maximum atomic E-state index is 12.2. The van der Waals surface area contributed by atoms with E-state index in [-0.39, 0.29) is 47.9 Å². The molecule has 7 heteroatoms. The minimum absolute atomic E-state index is 0. The van der Waals surface area contributed by atoms with E-state index in [4.69, 9.17) is 13.8 Å². The van der Waals surface area contributed by atoms with E-state index in [1.807, 2.05) is 53.8 Å². The van der Waals surface area contributed by atoms with Gasteiger partial charge in [0.05, 0.1) is 5.39 Å². The maximum Gasteiger partial charge on any atom is 0.164 e. The monoisotopic (exact) mass is 899 g/mol. The Morgan fingerprint density at radius 3 is 2.15 bits per heavy atom. The van der Waals surface area contributed by atoms with Gasteiger partial charge in [0.25, 0.3) is 0 Å². The molecule has 0 bridgehead atoms. The zero-order valence-corrected chi connectivity index (χ0v) is 36.3. The Labute approximate surface area is 327 Å². The van der Waals surface area contributed by atoms with Gasteiger partial charge in [0, 0.05) is 66.1 Å². The number of pyridine rings is 1. The summed E-state index contributed by atoms with van der Waals surface area (Å²) in [5, 5.41) is 16.6. The van der Waals surface area contributed by atoms with E-state index in [1.54, 1.807) is 11.3 Å². The molecule has 52 heavy (non-hydrogen) atoms. The number of hydrogen-bond donors (Lipinski definition) is 1. The van der Waals surface area contributed by atoms with Crippen molar-refractivity contribution in [2.75, 3.05) is 0 Å². The summed E-state index contributed by atoms with van der Waals surface area (Å²) >= 11 is 1.78. The number of fused-ring (bicyclic) bond motifs is 6. The zero-order chi connectivity index (χ0) is 37.5. The third-order valence-electron chi connectivity index (χ3n) is 11.3. The van der Waals surface area contributed by atoms with Crippen LogP contribution in [0, 0.1) is 29.7 Å². The molecule has 0 saturated heterocycles. The third-order valence-corrected chi connectivity index (χ3v) is 12.2. The standard InChI is InChI=1S/C30H28NO2S.C15H28O2.Ir/c1-16(2)13-24-17(3)20-7-8-22-26(28(20)33-24)25-23(32-22)9-11-31-27(25)19-14-18-10-12-34-29(18)21(15-19)30(4,5)6;1-7-14(5,8-2)12(16)11-13(17)15(6,9-3)10-4;/h7-12,15-16H,13H2,1-6H3;11,16H,7-10H2,1-6H3;/q-1;;/b;12-11-;. The van der Waals surface area contributed by atoms with Gasteiger partial charge in [0.1, 0.15) is 28.3 Å². The smallest absolute Gasteiger partial charge is 0.164 e. The number of benzene rings is 2. The Balaban J connectivity index is 0.000000289. The number of aromatic nitrogens is 1. The summed E-state index contributed by atoms with van der Waals surface area (Å²) in [6, 6.07) is 14.2. The van der Waals surface area contributed by atoms with Gasteiger partial charge in [-0.1, -0.05) is 87.3 Å². The van der Waals surface area contributed by atoms with Gasteiger partial charge in [-0.2, -0.15) is 11.3 Å². The molecule has 4 heterocycles. The predicted molar refractivity (Wildman–Crippen MR) is 216 cm³/mol. The first-order valence-corrected chi connectivity index (χ1v) is 19.5. The molecule has 2 aromatic carbocycles. The van der Waals surface area contributed by atoms with Crippen LogP contribution in [0.15, 0.2) is 62.6 Å². The van der Waals surface area contributed by atoms with E-state index in [0.717, 1.165) is 87.4 Å². The van der Waals surface area contributed by atoms with Crippen LogP contribution < -0.4 is 0 Å². The molecule has 6 aromatic rings. The van der Waals surface area contributed by atoms with Crippen molar-refractivity contribution in [2.24, 2.45) is 16.7 Å². The van der Waals surface area contributed by atoms with E-state index in [2.05, 4.69) is 77.3 Å². The van der Waals surface area contributed by atoms with Gasteiger partial charge in [0.2, 0.25) is 0 Å². The number of aryl methyl sites for hydroxylation is 1. The van der Waals surface area contributed by atoms with E-state index in [9.17, 15) is 9.90 Å². The van der Waals surface area contributed by atoms with Crippen molar-refractivity contribution in [1.82, 2.24) is 4.98 Å². The number of ketones is 1. The second-order valence-electron chi connectivity index (χ2n) is 16.1. The van der Waals surface area contributed by atoms with Crippen LogP contribution in [0.3, 0.4) is 0 Å². The quantitative estimate of drug-likeness (QED) is 0.0842. The summed E-state index contributed by atoms with van der Waals surface area (Å²) in [6.07, 6.45) is 7.50. The second-order valence-corrected chi connectivity index (χ2v) is 17.1. The van der Waals surface area contributed by atoms with Crippen LogP contribution in [-0.2, 0) is 36.7 Å². The fourth-order valence-electron chi connectivity index (χ4n) is 6.67. The summed E-state index contributed by atoms with van der Waals surface area (Å²) in [5.41, 5.74) is 6.37. The Morgan fingerprint density at radius 2 is 1.56 bits per heavy atom.